The third-order valence-corrected chi connectivity index (χ3v) is 2.91. The number of amides is 1. The van der Waals surface area contributed by atoms with E-state index in [0.29, 0.717) is 26.3 Å². The zero-order chi connectivity index (χ0) is 15.3. The molecule has 0 saturated carbocycles. The van der Waals surface area contributed by atoms with E-state index in [1.807, 2.05) is 6.92 Å². The van der Waals surface area contributed by atoms with Crippen LogP contribution in [0.2, 0.25) is 0 Å². The topological polar surface area (TPSA) is 92.4 Å². The van der Waals surface area contributed by atoms with Gasteiger partial charge in [-0.05, 0) is 32.2 Å². The SMILES string of the molecule is CC(CCN)CCC(=O)NC(C)(C(=O)O)C(F)(F)F. The first-order chi connectivity index (χ1) is 8.54. The van der Waals surface area contributed by atoms with Crippen LogP contribution in [0.15, 0.2) is 0 Å². The van der Waals surface area contributed by atoms with Crippen molar-refractivity contribution in [3.63, 3.8) is 0 Å². The van der Waals surface area contributed by atoms with Crippen molar-refractivity contribution < 1.29 is 27.9 Å². The highest BCUT2D eigenvalue weighted by atomic mass is 19.4. The summed E-state index contributed by atoms with van der Waals surface area (Å²) in [6.45, 7) is 2.68. The average molecular weight is 284 g/mol. The first-order valence-corrected chi connectivity index (χ1v) is 5.85. The van der Waals surface area contributed by atoms with Gasteiger partial charge < -0.3 is 16.2 Å². The molecule has 0 aliphatic carbocycles. The Labute approximate surface area is 109 Å². The summed E-state index contributed by atoms with van der Waals surface area (Å²) >= 11 is 0. The lowest BCUT2D eigenvalue weighted by atomic mass is 9.99. The number of nitrogens with two attached hydrogens (primary N) is 1. The van der Waals surface area contributed by atoms with E-state index in [9.17, 15) is 22.8 Å². The van der Waals surface area contributed by atoms with Crippen molar-refractivity contribution in [3.8, 4) is 0 Å². The van der Waals surface area contributed by atoms with Crippen LogP contribution in [-0.4, -0.2) is 35.2 Å². The second-order valence-electron chi connectivity index (χ2n) is 4.70. The maximum Gasteiger partial charge on any atom is 0.422 e. The number of aliphatic carboxylic acids is 1. The Bertz CT molecular complexity index is 334. The predicted octanol–water partition coefficient (Wildman–Crippen LogP) is 1.27. The molecule has 0 aliphatic rings. The Morgan fingerprint density at radius 3 is 2.21 bits per heavy atom. The van der Waals surface area contributed by atoms with Crippen molar-refractivity contribution in [2.45, 2.75) is 44.8 Å². The van der Waals surface area contributed by atoms with Crippen molar-refractivity contribution in [1.82, 2.24) is 5.32 Å². The summed E-state index contributed by atoms with van der Waals surface area (Å²) in [7, 11) is 0. The Morgan fingerprint density at radius 1 is 1.32 bits per heavy atom. The molecule has 0 rings (SSSR count). The fourth-order valence-electron chi connectivity index (χ4n) is 1.39. The Hall–Kier alpha value is -1.31. The van der Waals surface area contributed by atoms with Gasteiger partial charge in [-0.25, -0.2) is 4.79 Å². The summed E-state index contributed by atoms with van der Waals surface area (Å²) in [6.07, 6.45) is -4.21. The van der Waals surface area contributed by atoms with Crippen LogP contribution in [0.1, 0.15) is 33.1 Å². The molecule has 8 heteroatoms. The molecule has 0 bridgehead atoms. The molecule has 0 fully saturated rings. The minimum atomic E-state index is -5.06. The number of halogens is 3. The van der Waals surface area contributed by atoms with E-state index in [-0.39, 0.29) is 12.3 Å². The van der Waals surface area contributed by atoms with E-state index in [4.69, 9.17) is 10.8 Å². The van der Waals surface area contributed by atoms with Gasteiger partial charge in [-0.15, -0.1) is 0 Å². The number of nitrogens with one attached hydrogen (secondary N) is 1. The Kier molecular flexibility index (Phi) is 6.28. The van der Waals surface area contributed by atoms with Gasteiger partial charge >= 0.3 is 12.1 Å². The van der Waals surface area contributed by atoms with E-state index in [0.717, 1.165) is 0 Å². The van der Waals surface area contributed by atoms with E-state index in [1.165, 1.54) is 5.32 Å². The minimum absolute atomic E-state index is 0.0951. The van der Waals surface area contributed by atoms with E-state index in [2.05, 4.69) is 0 Å². The van der Waals surface area contributed by atoms with Crippen LogP contribution in [0.3, 0.4) is 0 Å². The van der Waals surface area contributed by atoms with Crippen LogP contribution in [0, 0.1) is 5.92 Å². The molecule has 0 aromatic heterocycles. The normalized spacial score (nSPS) is 16.5. The summed E-state index contributed by atoms with van der Waals surface area (Å²) in [5.41, 5.74) is 2.04. The number of carboxylic acids is 1. The molecule has 0 radical (unpaired) electrons. The largest absolute Gasteiger partial charge is 0.479 e. The van der Waals surface area contributed by atoms with Gasteiger partial charge in [0.25, 0.3) is 0 Å². The molecule has 2 unspecified atom stereocenters. The molecular formula is C11H19F3N2O3. The molecule has 0 aromatic carbocycles. The van der Waals surface area contributed by atoms with Crippen LogP contribution < -0.4 is 11.1 Å². The molecule has 0 aliphatic heterocycles. The van der Waals surface area contributed by atoms with E-state index >= 15 is 0 Å². The highest BCUT2D eigenvalue weighted by Gasteiger charge is 2.58. The van der Waals surface area contributed by atoms with Gasteiger partial charge in [-0.2, -0.15) is 13.2 Å². The number of hydrogen-bond acceptors (Lipinski definition) is 3. The van der Waals surface area contributed by atoms with E-state index < -0.39 is 23.6 Å². The van der Waals surface area contributed by atoms with Crippen LogP contribution >= 0.6 is 0 Å². The maximum atomic E-state index is 12.6. The fraction of sp³-hybridized carbons (Fsp3) is 0.818. The minimum Gasteiger partial charge on any atom is -0.479 e. The Morgan fingerprint density at radius 2 is 1.84 bits per heavy atom. The lowest BCUT2D eigenvalue weighted by Crippen LogP contribution is -2.61. The first kappa shape index (κ1) is 17.7. The molecule has 19 heavy (non-hydrogen) atoms. The highest BCUT2D eigenvalue weighted by molar-refractivity contribution is 5.87. The molecule has 4 N–H and O–H groups in total. The summed E-state index contributed by atoms with van der Waals surface area (Å²) < 4.78 is 37.9. The lowest BCUT2D eigenvalue weighted by Gasteiger charge is -2.28. The van der Waals surface area contributed by atoms with E-state index in [1.54, 1.807) is 0 Å². The van der Waals surface area contributed by atoms with Gasteiger partial charge in [0, 0.05) is 6.42 Å². The van der Waals surface area contributed by atoms with Crippen molar-refractivity contribution in [2.75, 3.05) is 6.54 Å². The molecule has 0 saturated heterocycles. The molecule has 0 heterocycles. The second-order valence-corrected chi connectivity index (χ2v) is 4.70. The molecule has 0 aromatic rings. The molecule has 1 amide bonds. The van der Waals surface area contributed by atoms with Gasteiger partial charge in [-0.3, -0.25) is 4.79 Å². The smallest absolute Gasteiger partial charge is 0.422 e. The molecule has 0 spiro atoms. The van der Waals surface area contributed by atoms with Crippen LogP contribution in [-0.2, 0) is 9.59 Å². The number of carbonyl (C=O) groups excluding carboxylic acids is 1. The average Bonchev–Trinajstić information content (AvgIpc) is 2.24. The number of carbonyl (C=O) groups is 2. The Balaban J connectivity index is 4.55. The maximum absolute atomic E-state index is 12.6. The summed E-state index contributed by atoms with van der Waals surface area (Å²) in [4.78, 5) is 22.1. The number of carboxylic acid groups (broad SMARTS) is 1. The second kappa shape index (κ2) is 6.74. The number of alkyl halides is 3. The highest BCUT2D eigenvalue weighted by Crippen LogP contribution is 2.30. The van der Waals surface area contributed by atoms with Crippen molar-refractivity contribution >= 4 is 11.9 Å². The third kappa shape index (κ3) is 5.06. The van der Waals surface area contributed by atoms with Gasteiger partial charge in [-0.1, -0.05) is 6.92 Å². The predicted molar refractivity (Wildman–Crippen MR) is 62.3 cm³/mol. The van der Waals surface area contributed by atoms with Crippen molar-refractivity contribution in [3.05, 3.63) is 0 Å². The lowest BCUT2D eigenvalue weighted by molar-refractivity contribution is -0.207. The van der Waals surface area contributed by atoms with Gasteiger partial charge in [0.15, 0.2) is 0 Å². The molecule has 2 atom stereocenters. The molecular weight excluding hydrogens is 265 g/mol. The fourth-order valence-corrected chi connectivity index (χ4v) is 1.39. The van der Waals surface area contributed by atoms with Gasteiger partial charge in [0.2, 0.25) is 11.4 Å². The van der Waals surface area contributed by atoms with Crippen LogP contribution in [0.4, 0.5) is 13.2 Å². The molecule has 5 nitrogen and oxygen atoms in total. The third-order valence-electron chi connectivity index (χ3n) is 2.91. The summed E-state index contributed by atoms with van der Waals surface area (Å²) in [5.74, 6) is -2.98. The van der Waals surface area contributed by atoms with Crippen LogP contribution in [0.25, 0.3) is 0 Å². The zero-order valence-corrected chi connectivity index (χ0v) is 10.9. The monoisotopic (exact) mass is 284 g/mol. The van der Waals surface area contributed by atoms with Crippen LogP contribution in [0.5, 0.6) is 0 Å². The van der Waals surface area contributed by atoms with Gasteiger partial charge in [0.05, 0.1) is 0 Å². The van der Waals surface area contributed by atoms with Crippen molar-refractivity contribution in [2.24, 2.45) is 11.7 Å². The number of hydrogen-bond donors (Lipinski definition) is 3. The summed E-state index contributed by atoms with van der Waals surface area (Å²) in [5, 5.41) is 10.2. The molecule has 112 valence electrons. The zero-order valence-electron chi connectivity index (χ0n) is 10.9. The summed E-state index contributed by atoms with van der Waals surface area (Å²) in [6, 6.07) is 0. The quantitative estimate of drug-likeness (QED) is 0.656. The van der Waals surface area contributed by atoms with Gasteiger partial charge in [0.1, 0.15) is 0 Å². The first-order valence-electron chi connectivity index (χ1n) is 5.85. The number of rotatable bonds is 7. The van der Waals surface area contributed by atoms with Crippen molar-refractivity contribution in [1.29, 1.82) is 0 Å². The standard InChI is InChI=1S/C11H19F3N2O3/c1-7(5-6-15)3-4-8(17)16-10(2,9(18)19)11(12,13)14/h7H,3-6,15H2,1-2H3,(H,16,17)(H,18,19).